The second-order valence-corrected chi connectivity index (χ2v) is 13.6. The number of para-hydroxylation sites is 1. The van der Waals surface area contributed by atoms with Crippen molar-refractivity contribution in [3.8, 4) is 33.4 Å². The number of nitrogens with zero attached hydrogens (tertiary/aromatic N) is 1. The molecule has 0 aromatic heterocycles. The summed E-state index contributed by atoms with van der Waals surface area (Å²) in [6.07, 6.45) is 0. The second-order valence-electron chi connectivity index (χ2n) is 13.6. The number of hydrogen-bond donors (Lipinski definition) is 0. The molecule has 222 valence electrons. The van der Waals surface area contributed by atoms with E-state index in [-0.39, 0.29) is 10.8 Å². The number of rotatable bonds is 3. The Hall–Kier alpha value is -5.66. The van der Waals surface area contributed by atoms with Crippen molar-refractivity contribution in [2.24, 2.45) is 0 Å². The molecule has 3 aliphatic carbocycles. The summed E-state index contributed by atoms with van der Waals surface area (Å²) in [5.74, 6) is 0. The van der Waals surface area contributed by atoms with Gasteiger partial charge in [-0.05, 0) is 85.5 Å². The van der Waals surface area contributed by atoms with E-state index in [2.05, 4.69) is 183 Å². The fourth-order valence-electron chi connectivity index (χ4n) is 9.30. The zero-order valence-corrected chi connectivity index (χ0v) is 26.5. The first kappa shape index (κ1) is 26.5. The normalized spacial score (nSPS) is 14.9. The minimum atomic E-state index is -0.383. The Bertz CT molecular complexity index is 2350. The van der Waals surface area contributed by atoms with E-state index in [4.69, 9.17) is 0 Å². The smallest absolute Gasteiger partial charge is 0.0726 e. The van der Waals surface area contributed by atoms with Gasteiger partial charge in [0.05, 0.1) is 16.8 Å². The molecule has 47 heavy (non-hydrogen) atoms. The monoisotopic (exact) mass is 599 g/mol. The van der Waals surface area contributed by atoms with Gasteiger partial charge in [-0.25, -0.2) is 0 Å². The van der Waals surface area contributed by atoms with Gasteiger partial charge in [0.25, 0.3) is 0 Å². The number of fused-ring (bicyclic) bond motifs is 13. The van der Waals surface area contributed by atoms with Gasteiger partial charge in [-0.3, -0.25) is 0 Å². The average molecular weight is 600 g/mol. The molecule has 0 atom stereocenters. The lowest BCUT2D eigenvalue weighted by Gasteiger charge is -2.34. The van der Waals surface area contributed by atoms with E-state index in [1.165, 1.54) is 78.1 Å². The molecule has 3 aliphatic rings. The maximum Gasteiger partial charge on any atom is 0.0726 e. The van der Waals surface area contributed by atoms with Crippen LogP contribution in [0.2, 0.25) is 0 Å². The summed E-state index contributed by atoms with van der Waals surface area (Å²) in [4.78, 5) is 2.54. The quantitative estimate of drug-likeness (QED) is 0.195. The summed E-state index contributed by atoms with van der Waals surface area (Å²) in [5, 5.41) is 0. The molecule has 1 spiro atoms. The Morgan fingerprint density at radius 2 is 0.809 bits per heavy atom. The van der Waals surface area contributed by atoms with Crippen molar-refractivity contribution < 1.29 is 0 Å². The van der Waals surface area contributed by atoms with Crippen molar-refractivity contribution in [3.05, 3.63) is 197 Å². The second kappa shape index (κ2) is 9.44. The fraction of sp³-hybridized carbons (Fsp3) is 0.0870. The lowest BCUT2D eigenvalue weighted by Crippen LogP contribution is -2.26. The van der Waals surface area contributed by atoms with Crippen LogP contribution in [0.3, 0.4) is 0 Å². The van der Waals surface area contributed by atoms with Gasteiger partial charge in [-0.1, -0.05) is 153 Å². The third-order valence-corrected chi connectivity index (χ3v) is 11.1. The summed E-state index contributed by atoms with van der Waals surface area (Å²) in [5.41, 5.74) is 19.2. The molecule has 0 N–H and O–H groups in total. The first-order valence-electron chi connectivity index (χ1n) is 16.6. The topological polar surface area (TPSA) is 3.24 Å². The van der Waals surface area contributed by atoms with Gasteiger partial charge in [0.1, 0.15) is 0 Å². The van der Waals surface area contributed by atoms with E-state index >= 15 is 0 Å². The Kier molecular flexibility index (Phi) is 5.33. The van der Waals surface area contributed by atoms with Crippen LogP contribution in [0.25, 0.3) is 33.4 Å². The predicted molar refractivity (Wildman–Crippen MR) is 195 cm³/mol. The third-order valence-electron chi connectivity index (χ3n) is 11.1. The maximum atomic E-state index is 2.54. The van der Waals surface area contributed by atoms with Crippen molar-refractivity contribution in [3.63, 3.8) is 0 Å². The van der Waals surface area contributed by atoms with Gasteiger partial charge >= 0.3 is 0 Å². The number of benzene rings is 7. The van der Waals surface area contributed by atoms with Gasteiger partial charge in [0, 0.05) is 16.7 Å². The Balaban J connectivity index is 1.32. The lowest BCUT2D eigenvalue weighted by atomic mass is 9.70. The van der Waals surface area contributed by atoms with Crippen molar-refractivity contribution in [1.82, 2.24) is 0 Å². The number of hydrogen-bond acceptors (Lipinski definition) is 1. The molecule has 10 rings (SSSR count). The van der Waals surface area contributed by atoms with Gasteiger partial charge in [0.15, 0.2) is 0 Å². The maximum absolute atomic E-state index is 2.54. The van der Waals surface area contributed by atoms with Crippen LogP contribution >= 0.6 is 0 Å². The van der Waals surface area contributed by atoms with Crippen LogP contribution in [0.5, 0.6) is 0 Å². The lowest BCUT2D eigenvalue weighted by molar-refractivity contribution is 0.661. The Labute approximate surface area is 276 Å². The highest BCUT2D eigenvalue weighted by molar-refractivity contribution is 6.02. The van der Waals surface area contributed by atoms with Crippen LogP contribution in [-0.4, -0.2) is 0 Å². The summed E-state index contributed by atoms with van der Waals surface area (Å²) in [6.45, 7) is 4.77. The molecule has 0 unspecified atom stereocenters. The Morgan fingerprint density at radius 1 is 0.362 bits per heavy atom. The standard InChI is InChI=1S/C46H33N/c1-45(2)36-23-10-6-20-33(36)34-22-14-29-42(44(34)45)47(30-16-4-3-5-17-30)41-28-15-27-40-43(41)35-21-9-13-26-39(35)46(40)37-24-11-7-18-31(37)32-19-8-12-25-38(32)46/h3-29H,1-2H3. The molecule has 0 bridgehead atoms. The van der Waals surface area contributed by atoms with Gasteiger partial charge in [-0.15, -0.1) is 0 Å². The minimum Gasteiger partial charge on any atom is -0.310 e. The molecular formula is C46H33N. The van der Waals surface area contributed by atoms with E-state index in [0.29, 0.717) is 0 Å². The average Bonchev–Trinajstić information content (AvgIpc) is 3.69. The molecule has 0 amide bonds. The van der Waals surface area contributed by atoms with Crippen LogP contribution in [0.4, 0.5) is 17.1 Å². The van der Waals surface area contributed by atoms with Crippen molar-refractivity contribution in [1.29, 1.82) is 0 Å². The van der Waals surface area contributed by atoms with E-state index < -0.39 is 0 Å². The van der Waals surface area contributed by atoms with Gasteiger partial charge < -0.3 is 4.90 Å². The molecule has 0 heterocycles. The van der Waals surface area contributed by atoms with Crippen LogP contribution in [0, 0.1) is 0 Å². The Morgan fingerprint density at radius 3 is 1.47 bits per heavy atom. The molecule has 0 saturated heterocycles. The third kappa shape index (κ3) is 3.29. The summed E-state index contributed by atoms with van der Waals surface area (Å²) >= 11 is 0. The summed E-state index contributed by atoms with van der Waals surface area (Å²) in [7, 11) is 0. The zero-order chi connectivity index (χ0) is 31.3. The van der Waals surface area contributed by atoms with Crippen molar-refractivity contribution >= 4 is 17.1 Å². The molecular weight excluding hydrogens is 567 g/mol. The van der Waals surface area contributed by atoms with E-state index in [0.717, 1.165) is 5.69 Å². The van der Waals surface area contributed by atoms with Crippen molar-refractivity contribution in [2.75, 3.05) is 4.90 Å². The first-order chi connectivity index (χ1) is 23.1. The molecule has 1 nitrogen and oxygen atoms in total. The van der Waals surface area contributed by atoms with E-state index in [9.17, 15) is 0 Å². The largest absolute Gasteiger partial charge is 0.310 e. The zero-order valence-electron chi connectivity index (χ0n) is 26.5. The van der Waals surface area contributed by atoms with Gasteiger partial charge in [-0.2, -0.15) is 0 Å². The molecule has 0 radical (unpaired) electrons. The molecule has 7 aromatic rings. The highest BCUT2D eigenvalue weighted by Gasteiger charge is 2.52. The molecule has 1 heteroatoms. The molecule has 0 fully saturated rings. The van der Waals surface area contributed by atoms with Gasteiger partial charge in [0.2, 0.25) is 0 Å². The van der Waals surface area contributed by atoms with E-state index in [1.54, 1.807) is 0 Å². The van der Waals surface area contributed by atoms with Crippen LogP contribution in [0.1, 0.15) is 47.2 Å². The SMILES string of the molecule is CC1(C)c2ccccc2-c2cccc(N(c3ccccc3)c3cccc4c3-c3ccccc3C43c4ccccc4-c4ccccc43)c21. The predicted octanol–water partition coefficient (Wildman–Crippen LogP) is 11.8. The first-order valence-corrected chi connectivity index (χ1v) is 16.6. The minimum absolute atomic E-state index is 0.157. The summed E-state index contributed by atoms with van der Waals surface area (Å²) in [6, 6.07) is 61.0. The number of anilines is 3. The highest BCUT2D eigenvalue weighted by atomic mass is 15.1. The summed E-state index contributed by atoms with van der Waals surface area (Å²) < 4.78 is 0. The highest BCUT2D eigenvalue weighted by Crippen LogP contribution is 2.65. The molecule has 0 saturated carbocycles. The van der Waals surface area contributed by atoms with Crippen LogP contribution in [0.15, 0.2) is 164 Å². The molecule has 0 aliphatic heterocycles. The van der Waals surface area contributed by atoms with Crippen LogP contribution in [-0.2, 0) is 10.8 Å². The van der Waals surface area contributed by atoms with E-state index in [1.807, 2.05) is 0 Å². The fourth-order valence-corrected chi connectivity index (χ4v) is 9.30. The van der Waals surface area contributed by atoms with Crippen molar-refractivity contribution in [2.45, 2.75) is 24.7 Å². The molecule has 7 aromatic carbocycles. The van der Waals surface area contributed by atoms with Crippen LogP contribution < -0.4 is 4.90 Å².